The SMILES string of the molecule is CCCc1cc(C2CCN(CCS(C)(=O)=O)CC2)ccc1N. The van der Waals surface area contributed by atoms with E-state index in [0.29, 0.717) is 12.5 Å². The fourth-order valence-corrected chi connectivity index (χ4v) is 3.74. The molecule has 0 spiro atoms. The molecule has 0 unspecified atom stereocenters. The number of sulfone groups is 1. The van der Waals surface area contributed by atoms with Gasteiger partial charge in [0.2, 0.25) is 0 Å². The Morgan fingerprint density at radius 1 is 1.27 bits per heavy atom. The van der Waals surface area contributed by atoms with Crippen molar-refractivity contribution in [3.8, 4) is 0 Å². The maximum Gasteiger partial charge on any atom is 0.148 e. The second kappa shape index (κ2) is 7.47. The largest absolute Gasteiger partial charge is 0.399 e. The Labute approximate surface area is 134 Å². The minimum absolute atomic E-state index is 0.264. The van der Waals surface area contributed by atoms with Crippen LogP contribution in [0.15, 0.2) is 18.2 Å². The van der Waals surface area contributed by atoms with E-state index in [4.69, 9.17) is 5.73 Å². The summed E-state index contributed by atoms with van der Waals surface area (Å²) < 4.78 is 22.5. The highest BCUT2D eigenvalue weighted by atomic mass is 32.2. The van der Waals surface area contributed by atoms with Crippen LogP contribution in [-0.4, -0.2) is 45.0 Å². The third kappa shape index (κ3) is 4.99. The number of nitrogens with two attached hydrogens (primary N) is 1. The zero-order valence-corrected chi connectivity index (χ0v) is 14.5. The summed E-state index contributed by atoms with van der Waals surface area (Å²) in [5.74, 6) is 0.839. The Balaban J connectivity index is 1.92. The lowest BCUT2D eigenvalue weighted by Crippen LogP contribution is -2.36. The second-order valence-electron chi connectivity index (χ2n) is 6.45. The molecule has 0 amide bonds. The number of likely N-dealkylation sites (tertiary alicyclic amines) is 1. The summed E-state index contributed by atoms with van der Waals surface area (Å²) >= 11 is 0. The standard InChI is InChI=1S/C17H28N2O2S/c1-3-4-16-13-15(5-6-17(16)18)14-7-9-19(10-8-14)11-12-22(2,20)21/h5-6,13-14H,3-4,7-12,18H2,1-2H3. The number of benzene rings is 1. The molecule has 1 aromatic carbocycles. The Hall–Kier alpha value is -1.07. The molecule has 2 N–H and O–H groups in total. The van der Waals surface area contributed by atoms with E-state index in [1.807, 2.05) is 6.07 Å². The molecule has 1 saturated heterocycles. The highest BCUT2D eigenvalue weighted by Gasteiger charge is 2.21. The molecule has 1 aromatic rings. The van der Waals surface area contributed by atoms with Crippen LogP contribution in [0, 0.1) is 0 Å². The highest BCUT2D eigenvalue weighted by Crippen LogP contribution is 2.30. The van der Waals surface area contributed by atoms with Gasteiger partial charge in [-0.1, -0.05) is 25.5 Å². The van der Waals surface area contributed by atoms with Crippen molar-refractivity contribution in [2.24, 2.45) is 0 Å². The van der Waals surface area contributed by atoms with E-state index in [9.17, 15) is 8.42 Å². The molecular weight excluding hydrogens is 296 g/mol. The van der Waals surface area contributed by atoms with Gasteiger partial charge in [0.05, 0.1) is 5.75 Å². The van der Waals surface area contributed by atoms with Gasteiger partial charge in [0.1, 0.15) is 9.84 Å². The lowest BCUT2D eigenvalue weighted by atomic mass is 9.88. The number of anilines is 1. The van der Waals surface area contributed by atoms with Crippen molar-refractivity contribution in [3.63, 3.8) is 0 Å². The molecule has 0 radical (unpaired) electrons. The van der Waals surface area contributed by atoms with Crippen LogP contribution in [0.25, 0.3) is 0 Å². The third-order valence-electron chi connectivity index (χ3n) is 4.52. The predicted molar refractivity (Wildman–Crippen MR) is 93.0 cm³/mol. The first kappa shape index (κ1) is 17.3. The van der Waals surface area contributed by atoms with Gasteiger partial charge in [0.15, 0.2) is 0 Å². The molecule has 1 fully saturated rings. The minimum Gasteiger partial charge on any atom is -0.399 e. The van der Waals surface area contributed by atoms with Crippen molar-refractivity contribution < 1.29 is 8.42 Å². The van der Waals surface area contributed by atoms with Crippen LogP contribution in [0.5, 0.6) is 0 Å². The van der Waals surface area contributed by atoms with E-state index in [1.54, 1.807) is 0 Å². The van der Waals surface area contributed by atoms with Gasteiger partial charge >= 0.3 is 0 Å². The van der Waals surface area contributed by atoms with Crippen LogP contribution in [0.1, 0.15) is 43.2 Å². The maximum atomic E-state index is 11.3. The number of hydrogen-bond acceptors (Lipinski definition) is 4. The molecule has 0 aromatic heterocycles. The predicted octanol–water partition coefficient (Wildman–Crippen LogP) is 2.45. The van der Waals surface area contributed by atoms with E-state index in [1.165, 1.54) is 17.4 Å². The van der Waals surface area contributed by atoms with Gasteiger partial charge in [-0.05, 0) is 55.5 Å². The summed E-state index contributed by atoms with van der Waals surface area (Å²) in [5, 5.41) is 0. The Morgan fingerprint density at radius 3 is 2.55 bits per heavy atom. The van der Waals surface area contributed by atoms with E-state index < -0.39 is 9.84 Å². The smallest absolute Gasteiger partial charge is 0.148 e. The van der Waals surface area contributed by atoms with Crippen LogP contribution >= 0.6 is 0 Å². The number of aryl methyl sites for hydroxylation is 1. The number of nitrogens with zero attached hydrogens (tertiary/aromatic N) is 1. The van der Waals surface area contributed by atoms with E-state index in [2.05, 4.69) is 24.0 Å². The van der Waals surface area contributed by atoms with E-state index in [-0.39, 0.29) is 5.75 Å². The lowest BCUT2D eigenvalue weighted by molar-refractivity contribution is 0.223. The Morgan fingerprint density at radius 2 is 1.95 bits per heavy atom. The van der Waals surface area contributed by atoms with Crippen LogP contribution < -0.4 is 5.73 Å². The fraction of sp³-hybridized carbons (Fsp3) is 0.647. The fourth-order valence-electron chi connectivity index (χ4n) is 3.15. The van der Waals surface area contributed by atoms with Gasteiger partial charge in [-0.3, -0.25) is 0 Å². The van der Waals surface area contributed by atoms with Gasteiger partial charge in [-0.15, -0.1) is 0 Å². The Kier molecular flexibility index (Phi) is 5.87. The molecular formula is C17H28N2O2S. The summed E-state index contributed by atoms with van der Waals surface area (Å²) in [6, 6.07) is 6.47. The lowest BCUT2D eigenvalue weighted by Gasteiger charge is -2.32. The highest BCUT2D eigenvalue weighted by molar-refractivity contribution is 7.90. The molecule has 0 aliphatic carbocycles. The summed E-state index contributed by atoms with van der Waals surface area (Å²) in [4.78, 5) is 2.27. The van der Waals surface area contributed by atoms with Crippen molar-refractivity contribution in [2.75, 3.05) is 37.4 Å². The molecule has 124 valence electrons. The normalized spacial score (nSPS) is 17.7. The van der Waals surface area contributed by atoms with Crippen molar-refractivity contribution in [2.45, 2.75) is 38.5 Å². The van der Waals surface area contributed by atoms with Gasteiger partial charge in [-0.25, -0.2) is 8.42 Å². The van der Waals surface area contributed by atoms with Gasteiger partial charge < -0.3 is 10.6 Å². The number of nitrogen functional groups attached to an aromatic ring is 1. The maximum absolute atomic E-state index is 11.3. The molecule has 22 heavy (non-hydrogen) atoms. The molecule has 5 heteroatoms. The number of rotatable bonds is 6. The summed E-state index contributed by atoms with van der Waals surface area (Å²) in [6.07, 6.45) is 5.65. The average Bonchev–Trinajstić information content (AvgIpc) is 2.47. The molecule has 0 atom stereocenters. The zero-order chi connectivity index (χ0) is 16.2. The molecule has 1 aliphatic rings. The van der Waals surface area contributed by atoms with Gasteiger partial charge in [0, 0.05) is 18.5 Å². The number of hydrogen-bond donors (Lipinski definition) is 1. The van der Waals surface area contributed by atoms with Crippen molar-refractivity contribution in [3.05, 3.63) is 29.3 Å². The molecule has 4 nitrogen and oxygen atoms in total. The van der Waals surface area contributed by atoms with Crippen LogP contribution in [0.4, 0.5) is 5.69 Å². The first-order valence-corrected chi connectivity index (χ1v) is 10.2. The summed E-state index contributed by atoms with van der Waals surface area (Å²) in [7, 11) is -2.86. The third-order valence-corrected chi connectivity index (χ3v) is 5.45. The first-order chi connectivity index (χ1) is 10.4. The number of piperidine rings is 1. The van der Waals surface area contributed by atoms with Crippen molar-refractivity contribution in [1.82, 2.24) is 4.90 Å². The average molecular weight is 324 g/mol. The van der Waals surface area contributed by atoms with Gasteiger partial charge in [0.25, 0.3) is 0 Å². The van der Waals surface area contributed by atoms with Crippen molar-refractivity contribution in [1.29, 1.82) is 0 Å². The first-order valence-electron chi connectivity index (χ1n) is 8.17. The van der Waals surface area contributed by atoms with E-state index in [0.717, 1.165) is 44.5 Å². The van der Waals surface area contributed by atoms with Gasteiger partial charge in [-0.2, -0.15) is 0 Å². The minimum atomic E-state index is -2.86. The van der Waals surface area contributed by atoms with Crippen LogP contribution in [-0.2, 0) is 16.3 Å². The quantitative estimate of drug-likeness (QED) is 0.816. The Bertz CT molecular complexity index is 591. The monoisotopic (exact) mass is 324 g/mol. The van der Waals surface area contributed by atoms with Crippen LogP contribution in [0.2, 0.25) is 0 Å². The summed E-state index contributed by atoms with van der Waals surface area (Å²) in [5.41, 5.74) is 9.59. The molecule has 2 rings (SSSR count). The summed E-state index contributed by atoms with van der Waals surface area (Å²) in [6.45, 7) is 4.79. The topological polar surface area (TPSA) is 63.4 Å². The molecule has 1 heterocycles. The molecule has 0 saturated carbocycles. The van der Waals surface area contributed by atoms with Crippen molar-refractivity contribution >= 4 is 15.5 Å². The molecule has 1 aliphatic heterocycles. The van der Waals surface area contributed by atoms with Crippen LogP contribution in [0.3, 0.4) is 0 Å². The second-order valence-corrected chi connectivity index (χ2v) is 8.71. The zero-order valence-electron chi connectivity index (χ0n) is 13.7. The van der Waals surface area contributed by atoms with E-state index >= 15 is 0 Å². The molecule has 0 bridgehead atoms.